The number of rotatable bonds is 0. The highest BCUT2D eigenvalue weighted by Gasteiger charge is 1.98. The molecule has 16 heavy (non-hydrogen) atoms. The highest BCUT2D eigenvalue weighted by Crippen LogP contribution is 2.09. The van der Waals surface area contributed by atoms with Crippen molar-refractivity contribution in [3.05, 3.63) is 46.5 Å². The molecular formula is C13H13Cl2N. The van der Waals surface area contributed by atoms with Crippen LogP contribution in [0.1, 0.15) is 12.0 Å². The van der Waals surface area contributed by atoms with E-state index in [2.05, 4.69) is 23.2 Å². The topological polar surface area (TPSA) is 12.0 Å². The Kier molecular flexibility index (Phi) is 5.42. The van der Waals surface area contributed by atoms with Crippen LogP contribution >= 0.6 is 24.0 Å². The Hall–Kier alpha value is -0.940. The van der Waals surface area contributed by atoms with E-state index in [1.54, 1.807) is 0 Å². The summed E-state index contributed by atoms with van der Waals surface area (Å²) in [5.41, 5.74) is 2.24. The van der Waals surface area contributed by atoms with Crippen molar-refractivity contribution in [1.82, 2.24) is 5.32 Å². The molecule has 1 nitrogen and oxygen atoms in total. The van der Waals surface area contributed by atoms with E-state index in [4.69, 9.17) is 11.6 Å². The van der Waals surface area contributed by atoms with Crippen molar-refractivity contribution in [2.75, 3.05) is 13.1 Å². The molecule has 0 radical (unpaired) electrons. The van der Waals surface area contributed by atoms with Gasteiger partial charge in [0.15, 0.2) is 0 Å². The molecule has 84 valence electrons. The summed E-state index contributed by atoms with van der Waals surface area (Å²) in [6.45, 7) is 1.96. The van der Waals surface area contributed by atoms with Crippen molar-refractivity contribution in [3.8, 4) is 11.8 Å². The summed E-state index contributed by atoms with van der Waals surface area (Å²) in [7, 11) is 0. The third-order valence-corrected chi connectivity index (χ3v) is 2.53. The van der Waals surface area contributed by atoms with Crippen molar-refractivity contribution in [1.29, 1.82) is 0 Å². The van der Waals surface area contributed by atoms with E-state index in [1.807, 2.05) is 24.3 Å². The minimum absolute atomic E-state index is 0. The van der Waals surface area contributed by atoms with Crippen LogP contribution in [0.2, 0.25) is 5.02 Å². The number of hydrogen-bond acceptors (Lipinski definition) is 1. The van der Waals surface area contributed by atoms with Gasteiger partial charge in [-0.1, -0.05) is 29.5 Å². The van der Waals surface area contributed by atoms with Gasteiger partial charge in [-0.25, -0.2) is 0 Å². The minimum atomic E-state index is 0. The minimum Gasteiger partial charge on any atom is -0.313 e. The first-order valence-electron chi connectivity index (χ1n) is 5.02. The quantitative estimate of drug-likeness (QED) is 0.702. The number of hydrogen-bond donors (Lipinski definition) is 1. The van der Waals surface area contributed by atoms with Crippen LogP contribution in [-0.2, 0) is 0 Å². The molecule has 1 N–H and O–H groups in total. The first-order valence-corrected chi connectivity index (χ1v) is 5.40. The molecule has 0 aromatic heterocycles. The highest BCUT2D eigenvalue weighted by molar-refractivity contribution is 6.30. The van der Waals surface area contributed by atoms with Gasteiger partial charge in [0.05, 0.1) is 0 Å². The van der Waals surface area contributed by atoms with Gasteiger partial charge < -0.3 is 5.32 Å². The molecule has 0 bridgehead atoms. The summed E-state index contributed by atoms with van der Waals surface area (Å²) in [6, 6.07) is 7.61. The molecule has 0 spiro atoms. The first kappa shape index (κ1) is 13.1. The maximum absolute atomic E-state index is 5.79. The van der Waals surface area contributed by atoms with Crippen molar-refractivity contribution < 1.29 is 0 Å². The molecule has 1 aliphatic rings. The molecule has 2 rings (SSSR count). The molecule has 1 aromatic carbocycles. The van der Waals surface area contributed by atoms with E-state index in [9.17, 15) is 0 Å². The summed E-state index contributed by atoms with van der Waals surface area (Å²) in [5, 5.41) is 4.01. The molecule has 1 aliphatic heterocycles. The van der Waals surface area contributed by atoms with Gasteiger partial charge in [-0.05, 0) is 30.7 Å². The van der Waals surface area contributed by atoms with Gasteiger partial charge in [-0.2, -0.15) is 0 Å². The normalized spacial score (nSPS) is 14.2. The lowest BCUT2D eigenvalue weighted by atomic mass is 10.1. The molecule has 1 heterocycles. The third-order valence-electron chi connectivity index (χ3n) is 2.28. The van der Waals surface area contributed by atoms with Gasteiger partial charge >= 0.3 is 0 Å². The van der Waals surface area contributed by atoms with Crippen LogP contribution < -0.4 is 5.32 Å². The third kappa shape index (κ3) is 3.90. The molecule has 0 unspecified atom stereocenters. The zero-order valence-electron chi connectivity index (χ0n) is 8.79. The Balaban J connectivity index is 0.00000128. The summed E-state index contributed by atoms with van der Waals surface area (Å²) >= 11 is 5.79. The Morgan fingerprint density at radius 2 is 1.88 bits per heavy atom. The maximum Gasteiger partial charge on any atom is 0.0406 e. The van der Waals surface area contributed by atoms with E-state index in [1.165, 1.54) is 5.57 Å². The maximum atomic E-state index is 5.79. The predicted octanol–water partition coefficient (Wildman–Crippen LogP) is 3.03. The largest absolute Gasteiger partial charge is 0.313 e. The average Bonchev–Trinajstić information content (AvgIpc) is 2.30. The average molecular weight is 254 g/mol. The number of benzene rings is 1. The van der Waals surface area contributed by atoms with Gasteiger partial charge in [0.1, 0.15) is 0 Å². The van der Waals surface area contributed by atoms with Gasteiger partial charge in [-0.3, -0.25) is 0 Å². The molecule has 0 saturated heterocycles. The monoisotopic (exact) mass is 253 g/mol. The Morgan fingerprint density at radius 1 is 1.12 bits per heavy atom. The van der Waals surface area contributed by atoms with Crippen LogP contribution in [0.25, 0.3) is 0 Å². The molecular weight excluding hydrogens is 241 g/mol. The number of halogens is 2. The van der Waals surface area contributed by atoms with Crippen molar-refractivity contribution >= 4 is 24.0 Å². The zero-order valence-corrected chi connectivity index (χ0v) is 10.4. The van der Waals surface area contributed by atoms with Gasteiger partial charge in [0, 0.05) is 29.2 Å². The molecule has 3 heteroatoms. The molecule has 0 atom stereocenters. The highest BCUT2D eigenvalue weighted by atomic mass is 35.5. The summed E-state index contributed by atoms with van der Waals surface area (Å²) in [5.74, 6) is 6.32. The van der Waals surface area contributed by atoms with Crippen LogP contribution in [-0.4, -0.2) is 13.1 Å². The lowest BCUT2D eigenvalue weighted by molar-refractivity contribution is 0.715. The van der Waals surface area contributed by atoms with E-state index in [0.29, 0.717) is 0 Å². The van der Waals surface area contributed by atoms with Gasteiger partial charge in [0.2, 0.25) is 0 Å². The van der Waals surface area contributed by atoms with E-state index < -0.39 is 0 Å². The second-order valence-corrected chi connectivity index (χ2v) is 3.88. The lowest BCUT2D eigenvalue weighted by Gasteiger charge is -2.07. The smallest absolute Gasteiger partial charge is 0.0406 e. The number of nitrogens with one attached hydrogen (secondary N) is 1. The molecule has 0 fully saturated rings. The molecule has 1 aromatic rings. The molecule has 0 aliphatic carbocycles. The van der Waals surface area contributed by atoms with Crippen LogP contribution in [0.4, 0.5) is 0 Å². The van der Waals surface area contributed by atoms with Crippen LogP contribution in [0.15, 0.2) is 35.9 Å². The van der Waals surface area contributed by atoms with Crippen LogP contribution in [0, 0.1) is 11.8 Å². The fourth-order valence-corrected chi connectivity index (χ4v) is 1.55. The molecule has 0 saturated carbocycles. The SMILES string of the molecule is Cl.Clc1ccc(C#CC2=CCNCC2)cc1. The fraction of sp³-hybridized carbons (Fsp3) is 0.231. The predicted molar refractivity (Wildman–Crippen MR) is 71.1 cm³/mol. The van der Waals surface area contributed by atoms with Crippen molar-refractivity contribution in [2.45, 2.75) is 6.42 Å². The van der Waals surface area contributed by atoms with Gasteiger partial charge in [-0.15, -0.1) is 12.4 Å². The van der Waals surface area contributed by atoms with Crippen molar-refractivity contribution in [3.63, 3.8) is 0 Å². The van der Waals surface area contributed by atoms with E-state index in [-0.39, 0.29) is 12.4 Å². The van der Waals surface area contributed by atoms with E-state index >= 15 is 0 Å². The van der Waals surface area contributed by atoms with Gasteiger partial charge in [0.25, 0.3) is 0 Å². The lowest BCUT2D eigenvalue weighted by Crippen LogP contribution is -2.19. The van der Waals surface area contributed by atoms with Crippen LogP contribution in [0.5, 0.6) is 0 Å². The fourth-order valence-electron chi connectivity index (χ4n) is 1.42. The first-order chi connectivity index (χ1) is 7.34. The summed E-state index contributed by atoms with van der Waals surface area (Å²) in [4.78, 5) is 0. The Labute approximate surface area is 107 Å². The second-order valence-electron chi connectivity index (χ2n) is 3.44. The Morgan fingerprint density at radius 3 is 2.50 bits per heavy atom. The zero-order chi connectivity index (χ0) is 10.5. The summed E-state index contributed by atoms with van der Waals surface area (Å²) in [6.07, 6.45) is 3.17. The van der Waals surface area contributed by atoms with E-state index in [0.717, 1.165) is 30.1 Å². The Bertz CT molecular complexity index is 423. The van der Waals surface area contributed by atoms with Crippen molar-refractivity contribution in [2.24, 2.45) is 0 Å². The molecule has 0 amide bonds. The second kappa shape index (κ2) is 6.60. The standard InChI is InChI=1S/C13H12ClN.ClH/c14-13-5-3-11(4-6-13)1-2-12-7-9-15-10-8-12;/h3-7,15H,8-10H2;1H. The summed E-state index contributed by atoms with van der Waals surface area (Å²) < 4.78 is 0. The van der Waals surface area contributed by atoms with Crippen LogP contribution in [0.3, 0.4) is 0 Å².